The molecule has 0 amide bonds. The van der Waals surface area contributed by atoms with E-state index in [9.17, 15) is 13.2 Å². The average molecular weight is 321 g/mol. The molecule has 0 aromatic heterocycles. The summed E-state index contributed by atoms with van der Waals surface area (Å²) in [6.45, 7) is 3.10. The number of sulfonamides is 1. The van der Waals surface area contributed by atoms with Gasteiger partial charge >= 0.3 is 5.97 Å². The van der Waals surface area contributed by atoms with Gasteiger partial charge in [-0.3, -0.25) is 9.10 Å². The van der Waals surface area contributed by atoms with Crippen LogP contribution in [0.2, 0.25) is 0 Å². The van der Waals surface area contributed by atoms with E-state index < -0.39 is 16.0 Å². The van der Waals surface area contributed by atoms with E-state index in [-0.39, 0.29) is 12.6 Å². The number of hydrogen-bond donors (Lipinski definition) is 0. The van der Waals surface area contributed by atoms with Gasteiger partial charge in [0.05, 0.1) is 18.0 Å². The fourth-order valence-corrected chi connectivity index (χ4v) is 2.99. The largest absolute Gasteiger partial charge is 0.462 e. The number of ether oxygens (including phenoxy) is 1. The van der Waals surface area contributed by atoms with Crippen LogP contribution in [0.3, 0.4) is 0 Å². The number of anilines is 1. The van der Waals surface area contributed by atoms with Crippen LogP contribution >= 0.6 is 0 Å². The summed E-state index contributed by atoms with van der Waals surface area (Å²) < 4.78 is 30.1. The van der Waals surface area contributed by atoms with Crippen molar-refractivity contribution in [2.45, 2.75) is 20.0 Å². The van der Waals surface area contributed by atoms with Crippen LogP contribution in [-0.4, -0.2) is 33.3 Å². The highest BCUT2D eigenvalue weighted by Gasteiger charge is 2.22. The maximum atomic E-state index is 12.0. The van der Waals surface area contributed by atoms with E-state index in [2.05, 4.69) is 0 Å². The fourth-order valence-electron chi connectivity index (χ4n) is 2.15. The van der Waals surface area contributed by atoms with Gasteiger partial charge in [-0.1, -0.05) is 30.3 Å². The lowest BCUT2D eigenvalue weighted by atomic mass is 10.1. The molecule has 0 saturated heterocycles. The van der Waals surface area contributed by atoms with E-state index in [1.165, 1.54) is 0 Å². The number of benzene rings is 2. The third kappa shape index (κ3) is 3.98. The molecule has 0 saturated carbocycles. The molecule has 2 aromatic carbocycles. The van der Waals surface area contributed by atoms with Gasteiger partial charge in [0, 0.05) is 0 Å². The van der Waals surface area contributed by atoms with Gasteiger partial charge in [-0.25, -0.2) is 8.42 Å². The fraction of sp³-hybridized carbons (Fsp3) is 0.312. The Morgan fingerprint density at radius 2 is 1.77 bits per heavy atom. The van der Waals surface area contributed by atoms with Crippen LogP contribution in [0.4, 0.5) is 5.69 Å². The van der Waals surface area contributed by atoms with E-state index in [1.54, 1.807) is 26.0 Å². The van der Waals surface area contributed by atoms with Gasteiger partial charge in [0.15, 0.2) is 0 Å². The Hall–Kier alpha value is -2.08. The maximum absolute atomic E-state index is 12.0. The van der Waals surface area contributed by atoms with Crippen molar-refractivity contribution in [2.24, 2.45) is 0 Å². The second kappa shape index (κ2) is 6.36. The Morgan fingerprint density at radius 1 is 1.14 bits per heavy atom. The van der Waals surface area contributed by atoms with Crippen molar-refractivity contribution in [3.05, 3.63) is 42.5 Å². The van der Waals surface area contributed by atoms with E-state index in [0.29, 0.717) is 5.69 Å². The molecule has 0 aliphatic carbocycles. The molecule has 0 bridgehead atoms. The summed E-state index contributed by atoms with van der Waals surface area (Å²) in [4.78, 5) is 11.8. The lowest BCUT2D eigenvalue weighted by Crippen LogP contribution is -2.36. The topological polar surface area (TPSA) is 63.7 Å². The van der Waals surface area contributed by atoms with E-state index in [1.807, 2.05) is 30.3 Å². The van der Waals surface area contributed by atoms with E-state index in [0.717, 1.165) is 21.3 Å². The van der Waals surface area contributed by atoms with Crippen LogP contribution in [0.5, 0.6) is 0 Å². The molecule has 0 atom stereocenters. The number of fused-ring (bicyclic) bond motifs is 1. The zero-order chi connectivity index (χ0) is 16.3. The normalized spacial score (nSPS) is 11.6. The summed E-state index contributed by atoms with van der Waals surface area (Å²) in [5.41, 5.74) is 0.446. The van der Waals surface area contributed by atoms with Crippen molar-refractivity contribution in [3.63, 3.8) is 0 Å². The van der Waals surface area contributed by atoms with Crippen molar-refractivity contribution in [1.29, 1.82) is 0 Å². The maximum Gasteiger partial charge on any atom is 0.327 e. The van der Waals surface area contributed by atoms with Gasteiger partial charge in [-0.05, 0) is 36.8 Å². The van der Waals surface area contributed by atoms with Gasteiger partial charge in [-0.2, -0.15) is 0 Å². The minimum Gasteiger partial charge on any atom is -0.462 e. The Kier molecular flexibility index (Phi) is 4.71. The number of hydrogen-bond acceptors (Lipinski definition) is 4. The van der Waals surface area contributed by atoms with Crippen LogP contribution in [0, 0.1) is 0 Å². The first-order valence-corrected chi connectivity index (χ1v) is 8.78. The number of esters is 1. The van der Waals surface area contributed by atoms with Crippen LogP contribution in [-0.2, 0) is 19.6 Å². The number of rotatable bonds is 5. The quantitative estimate of drug-likeness (QED) is 0.794. The molecular formula is C16H19NO4S. The zero-order valence-corrected chi connectivity index (χ0v) is 13.6. The second-order valence-electron chi connectivity index (χ2n) is 5.34. The molecule has 118 valence electrons. The standard InChI is InChI=1S/C16H19NO4S/c1-12(2)21-16(18)11-17(22(3,19)20)15-9-8-13-6-4-5-7-14(13)10-15/h4-10,12H,11H2,1-3H3. The third-order valence-electron chi connectivity index (χ3n) is 3.06. The second-order valence-corrected chi connectivity index (χ2v) is 7.25. The molecule has 2 aromatic rings. The molecule has 6 heteroatoms. The Balaban J connectivity index is 2.37. The van der Waals surface area contributed by atoms with Crippen molar-refractivity contribution >= 4 is 32.5 Å². The van der Waals surface area contributed by atoms with Crippen LogP contribution in [0.15, 0.2) is 42.5 Å². The van der Waals surface area contributed by atoms with Gasteiger partial charge in [0.2, 0.25) is 10.0 Å². The van der Waals surface area contributed by atoms with Crippen molar-refractivity contribution < 1.29 is 17.9 Å². The lowest BCUT2D eigenvalue weighted by Gasteiger charge is -2.22. The van der Waals surface area contributed by atoms with Crippen LogP contribution in [0.1, 0.15) is 13.8 Å². The van der Waals surface area contributed by atoms with Crippen LogP contribution in [0.25, 0.3) is 10.8 Å². The Morgan fingerprint density at radius 3 is 2.36 bits per heavy atom. The van der Waals surface area contributed by atoms with Crippen molar-refractivity contribution in [1.82, 2.24) is 0 Å². The smallest absolute Gasteiger partial charge is 0.327 e. The van der Waals surface area contributed by atoms with Gasteiger partial charge in [-0.15, -0.1) is 0 Å². The molecule has 0 fully saturated rings. The molecule has 0 unspecified atom stereocenters. The number of carbonyl (C=O) groups is 1. The summed E-state index contributed by atoms with van der Waals surface area (Å²) in [6, 6.07) is 12.9. The lowest BCUT2D eigenvalue weighted by molar-refractivity contribution is -0.145. The minimum atomic E-state index is -3.58. The highest BCUT2D eigenvalue weighted by atomic mass is 32.2. The summed E-state index contributed by atoms with van der Waals surface area (Å²) in [7, 11) is -3.58. The molecular weight excluding hydrogens is 302 g/mol. The molecule has 22 heavy (non-hydrogen) atoms. The van der Waals surface area contributed by atoms with Crippen molar-refractivity contribution in [2.75, 3.05) is 17.1 Å². The summed E-state index contributed by atoms with van der Waals surface area (Å²) in [5.74, 6) is -0.575. The first-order valence-electron chi connectivity index (χ1n) is 6.93. The SMILES string of the molecule is CC(C)OC(=O)CN(c1ccc2ccccc2c1)S(C)(=O)=O. The molecule has 0 aliphatic heterocycles. The van der Waals surface area contributed by atoms with Crippen molar-refractivity contribution in [3.8, 4) is 0 Å². The Bertz CT molecular complexity index is 784. The molecule has 0 radical (unpaired) electrons. The molecule has 0 heterocycles. The Labute approximate surface area is 130 Å². The van der Waals surface area contributed by atoms with Crippen LogP contribution < -0.4 is 4.31 Å². The van der Waals surface area contributed by atoms with Gasteiger partial charge in [0.25, 0.3) is 0 Å². The molecule has 0 aliphatic rings. The van der Waals surface area contributed by atoms with E-state index >= 15 is 0 Å². The predicted octanol–water partition coefficient (Wildman–Crippen LogP) is 2.56. The average Bonchev–Trinajstić information content (AvgIpc) is 2.42. The predicted molar refractivity (Wildman–Crippen MR) is 87.4 cm³/mol. The molecule has 0 N–H and O–H groups in total. The van der Waals surface area contributed by atoms with Gasteiger partial charge < -0.3 is 4.74 Å². The number of carbonyl (C=O) groups excluding carboxylic acids is 1. The molecule has 0 spiro atoms. The first kappa shape index (κ1) is 16.3. The van der Waals surface area contributed by atoms with Gasteiger partial charge in [0.1, 0.15) is 6.54 Å². The third-order valence-corrected chi connectivity index (χ3v) is 4.20. The monoisotopic (exact) mass is 321 g/mol. The zero-order valence-electron chi connectivity index (χ0n) is 12.8. The summed E-state index contributed by atoms with van der Waals surface area (Å²) in [6.07, 6.45) is 0.788. The highest BCUT2D eigenvalue weighted by Crippen LogP contribution is 2.23. The highest BCUT2D eigenvalue weighted by molar-refractivity contribution is 7.92. The summed E-state index contributed by atoms with van der Waals surface area (Å²) in [5, 5.41) is 1.91. The molecule has 2 rings (SSSR count). The van der Waals surface area contributed by atoms with E-state index in [4.69, 9.17) is 4.74 Å². The summed E-state index contributed by atoms with van der Waals surface area (Å²) >= 11 is 0. The first-order chi connectivity index (χ1) is 10.3. The molecule has 5 nitrogen and oxygen atoms in total. The minimum absolute atomic E-state index is 0.287. The number of nitrogens with zero attached hydrogens (tertiary/aromatic N) is 1.